The van der Waals surface area contributed by atoms with E-state index in [9.17, 15) is 9.59 Å². The van der Waals surface area contributed by atoms with Crippen molar-refractivity contribution in [3.05, 3.63) is 46.3 Å². The van der Waals surface area contributed by atoms with Crippen LogP contribution < -0.4 is 18.9 Å². The number of carboxylic acids is 1. The number of fused-ring (bicyclic) bond motifs is 1. The smallest absolute Gasteiger partial charge is 0.303 e. The van der Waals surface area contributed by atoms with Crippen molar-refractivity contribution in [3.63, 3.8) is 0 Å². The number of unbranched alkanes of at least 4 members (excludes halogenated alkanes) is 2. The van der Waals surface area contributed by atoms with Crippen molar-refractivity contribution in [2.75, 3.05) is 34.0 Å². The standard InChI is InChI=1S/C31H38FN3O7/c1-31(2,3)21-14-19(15-24(28(21)42-13-9-7-11-33)41-12-8-6-10-25(37)38)22(36)18-35-17-20-16-23(39-4)29(40-5)27(32)26(20)30(35)34/h14-16,34H,6-10,12-13,17-18H2,1-5H3,(H,37,38). The highest BCUT2D eigenvalue weighted by atomic mass is 19.1. The summed E-state index contributed by atoms with van der Waals surface area (Å²) in [7, 11) is 2.73. The van der Waals surface area contributed by atoms with Gasteiger partial charge in [0.25, 0.3) is 0 Å². The Labute approximate surface area is 245 Å². The van der Waals surface area contributed by atoms with Crippen LogP contribution >= 0.6 is 0 Å². The first-order valence-electron chi connectivity index (χ1n) is 13.8. The molecule has 1 aliphatic heterocycles. The Morgan fingerprint density at radius 3 is 2.38 bits per heavy atom. The molecule has 2 aromatic carbocycles. The van der Waals surface area contributed by atoms with E-state index < -0.39 is 17.2 Å². The minimum Gasteiger partial charge on any atom is -0.493 e. The number of aliphatic carboxylic acids is 1. The molecule has 3 rings (SSSR count). The lowest BCUT2D eigenvalue weighted by Gasteiger charge is -2.26. The first-order valence-corrected chi connectivity index (χ1v) is 13.8. The highest BCUT2D eigenvalue weighted by Gasteiger charge is 2.33. The van der Waals surface area contributed by atoms with Crippen LogP contribution in [0, 0.1) is 22.6 Å². The molecule has 0 aliphatic carbocycles. The van der Waals surface area contributed by atoms with E-state index in [0.717, 1.165) is 5.56 Å². The Balaban J connectivity index is 1.91. The van der Waals surface area contributed by atoms with Crippen LogP contribution in [0.3, 0.4) is 0 Å². The minimum atomic E-state index is -0.884. The second kappa shape index (κ2) is 14.0. The number of halogens is 1. The lowest BCUT2D eigenvalue weighted by molar-refractivity contribution is -0.137. The number of nitrogens with one attached hydrogen (secondary N) is 1. The molecule has 0 radical (unpaired) electrons. The zero-order chi connectivity index (χ0) is 31.0. The molecule has 11 heteroatoms. The molecule has 0 aromatic heterocycles. The number of carbonyl (C=O) groups is 2. The van der Waals surface area contributed by atoms with E-state index in [1.807, 2.05) is 20.8 Å². The molecule has 226 valence electrons. The molecule has 10 nitrogen and oxygen atoms in total. The van der Waals surface area contributed by atoms with Gasteiger partial charge in [-0.25, -0.2) is 4.39 Å². The van der Waals surface area contributed by atoms with Crippen LogP contribution in [-0.4, -0.2) is 61.6 Å². The van der Waals surface area contributed by atoms with E-state index in [2.05, 4.69) is 6.07 Å². The van der Waals surface area contributed by atoms with Crippen LogP contribution in [0.15, 0.2) is 18.2 Å². The average molecular weight is 584 g/mol. The molecule has 0 fully saturated rings. The van der Waals surface area contributed by atoms with Crippen LogP contribution in [0.25, 0.3) is 0 Å². The van der Waals surface area contributed by atoms with E-state index in [1.165, 1.54) is 19.1 Å². The second-order valence-electron chi connectivity index (χ2n) is 11.0. The van der Waals surface area contributed by atoms with E-state index in [4.69, 9.17) is 34.7 Å². The van der Waals surface area contributed by atoms with E-state index >= 15 is 4.39 Å². The summed E-state index contributed by atoms with van der Waals surface area (Å²) in [6.07, 6.45) is 1.79. The summed E-state index contributed by atoms with van der Waals surface area (Å²) < 4.78 is 37.7. The number of carboxylic acid groups (broad SMARTS) is 1. The quantitative estimate of drug-likeness (QED) is 0.206. The molecule has 0 unspecified atom stereocenters. The van der Waals surface area contributed by atoms with Gasteiger partial charge in [-0.3, -0.25) is 15.0 Å². The van der Waals surface area contributed by atoms with Gasteiger partial charge in [0.1, 0.15) is 5.84 Å². The minimum absolute atomic E-state index is 0.0230. The third kappa shape index (κ3) is 7.49. The molecular weight excluding hydrogens is 545 g/mol. The number of carbonyl (C=O) groups excluding carboxylic acids is 1. The lowest BCUT2D eigenvalue weighted by atomic mass is 9.84. The van der Waals surface area contributed by atoms with Crippen molar-refractivity contribution in [1.82, 2.24) is 4.90 Å². The number of ether oxygens (including phenoxy) is 4. The Morgan fingerprint density at radius 1 is 1.05 bits per heavy atom. The van der Waals surface area contributed by atoms with E-state index in [0.29, 0.717) is 48.3 Å². The number of nitrogens with zero attached hydrogens (tertiary/aromatic N) is 2. The highest BCUT2D eigenvalue weighted by molar-refractivity contribution is 6.06. The molecule has 42 heavy (non-hydrogen) atoms. The van der Waals surface area contributed by atoms with Crippen molar-refractivity contribution >= 4 is 17.6 Å². The van der Waals surface area contributed by atoms with Crippen LogP contribution in [0.5, 0.6) is 23.0 Å². The molecule has 0 saturated carbocycles. The lowest BCUT2D eigenvalue weighted by Crippen LogP contribution is -2.30. The van der Waals surface area contributed by atoms with Gasteiger partial charge in [-0.05, 0) is 48.4 Å². The number of Topliss-reactive ketones (excluding diaryl/α,β-unsaturated/α-hetero) is 1. The number of methoxy groups -OCH3 is 2. The third-order valence-electron chi connectivity index (χ3n) is 6.85. The summed E-state index contributed by atoms with van der Waals surface area (Å²) in [5.74, 6) is -1.09. The summed E-state index contributed by atoms with van der Waals surface area (Å²) in [5, 5.41) is 26.4. The Hall–Kier alpha value is -4.33. The SMILES string of the molecule is COc1cc2c(c(F)c1OC)C(=N)N(CC(=O)c1cc(OCCCCC(=O)O)c(OCCCC#N)c(C(C)(C)C)c1)C2. The Kier molecular flexibility index (Phi) is 10.8. The predicted molar refractivity (Wildman–Crippen MR) is 154 cm³/mol. The molecule has 0 bridgehead atoms. The van der Waals surface area contributed by atoms with Gasteiger partial charge < -0.3 is 29.0 Å². The highest BCUT2D eigenvalue weighted by Crippen LogP contribution is 2.41. The van der Waals surface area contributed by atoms with Gasteiger partial charge in [-0.1, -0.05) is 20.8 Å². The summed E-state index contributed by atoms with van der Waals surface area (Å²) >= 11 is 0. The van der Waals surface area contributed by atoms with Crippen molar-refractivity contribution in [1.29, 1.82) is 10.7 Å². The third-order valence-corrected chi connectivity index (χ3v) is 6.85. The summed E-state index contributed by atoms with van der Waals surface area (Å²) in [6.45, 7) is 6.40. The fourth-order valence-corrected chi connectivity index (χ4v) is 4.69. The van der Waals surface area contributed by atoms with Crippen molar-refractivity contribution in [2.45, 2.75) is 64.8 Å². The molecule has 1 aliphatic rings. The van der Waals surface area contributed by atoms with Gasteiger partial charge in [0, 0.05) is 30.5 Å². The molecule has 0 saturated heterocycles. The first-order chi connectivity index (χ1) is 19.9. The van der Waals surface area contributed by atoms with Gasteiger partial charge in [0.2, 0.25) is 0 Å². The number of nitriles is 1. The molecule has 0 amide bonds. The van der Waals surface area contributed by atoms with Gasteiger partial charge in [-0.15, -0.1) is 0 Å². The second-order valence-corrected chi connectivity index (χ2v) is 11.0. The van der Waals surface area contributed by atoms with Crippen LogP contribution in [0.1, 0.15) is 79.9 Å². The van der Waals surface area contributed by atoms with Crippen LogP contribution in [-0.2, 0) is 16.8 Å². The van der Waals surface area contributed by atoms with Gasteiger partial charge >= 0.3 is 5.97 Å². The molecule has 0 spiro atoms. The maximum Gasteiger partial charge on any atom is 0.303 e. The predicted octanol–water partition coefficient (Wildman–Crippen LogP) is 5.48. The Morgan fingerprint density at radius 2 is 1.76 bits per heavy atom. The van der Waals surface area contributed by atoms with Crippen molar-refractivity contribution in [3.8, 4) is 29.1 Å². The van der Waals surface area contributed by atoms with Gasteiger partial charge in [0.15, 0.2) is 34.6 Å². The average Bonchev–Trinajstić information content (AvgIpc) is 3.24. The van der Waals surface area contributed by atoms with Crippen LogP contribution in [0.2, 0.25) is 0 Å². The molecule has 1 heterocycles. The monoisotopic (exact) mass is 583 g/mol. The number of hydrogen-bond donors (Lipinski definition) is 2. The number of benzene rings is 2. The maximum atomic E-state index is 15.2. The molecule has 2 N–H and O–H groups in total. The normalized spacial score (nSPS) is 12.5. The van der Waals surface area contributed by atoms with Crippen molar-refractivity contribution in [2.24, 2.45) is 0 Å². The summed E-state index contributed by atoms with van der Waals surface area (Å²) in [5.41, 5.74) is 1.21. The fraction of sp³-hybridized carbons (Fsp3) is 0.484. The number of ketones is 1. The van der Waals surface area contributed by atoms with Gasteiger partial charge in [0.05, 0.1) is 45.6 Å². The number of amidine groups is 1. The molecule has 2 aromatic rings. The number of rotatable bonds is 15. The summed E-state index contributed by atoms with van der Waals surface area (Å²) in [6, 6.07) is 7.05. The topological polar surface area (TPSA) is 142 Å². The zero-order valence-electron chi connectivity index (χ0n) is 24.8. The van der Waals surface area contributed by atoms with E-state index in [1.54, 1.807) is 18.2 Å². The summed E-state index contributed by atoms with van der Waals surface area (Å²) in [4.78, 5) is 26.0. The number of hydrogen-bond acceptors (Lipinski definition) is 8. The van der Waals surface area contributed by atoms with Gasteiger partial charge in [-0.2, -0.15) is 5.26 Å². The zero-order valence-corrected chi connectivity index (χ0v) is 24.8. The maximum absolute atomic E-state index is 15.2. The van der Waals surface area contributed by atoms with Crippen LogP contribution in [0.4, 0.5) is 4.39 Å². The molecular formula is C31H38FN3O7. The molecule has 0 atom stereocenters. The Bertz CT molecular complexity index is 1380. The van der Waals surface area contributed by atoms with Crippen molar-refractivity contribution < 1.29 is 38.0 Å². The van der Waals surface area contributed by atoms with E-state index in [-0.39, 0.29) is 61.4 Å². The largest absolute Gasteiger partial charge is 0.493 e. The first kappa shape index (κ1) is 32.2. The fourth-order valence-electron chi connectivity index (χ4n) is 4.69.